The highest BCUT2D eigenvalue weighted by atomic mass is 32.1. The zero-order chi connectivity index (χ0) is 22.1. The summed E-state index contributed by atoms with van der Waals surface area (Å²) in [6.07, 6.45) is 3.34. The highest BCUT2D eigenvalue weighted by Crippen LogP contribution is 2.32. The number of anilines is 1. The number of halogens is 1. The highest BCUT2D eigenvalue weighted by Gasteiger charge is 2.14. The van der Waals surface area contributed by atoms with E-state index < -0.39 is 5.95 Å². The molecular weight excluding hydrogens is 421 g/mol. The Morgan fingerprint density at radius 3 is 2.69 bits per heavy atom. The normalized spacial score (nSPS) is 12.1. The van der Waals surface area contributed by atoms with Gasteiger partial charge < -0.3 is 5.32 Å². The number of nitrogens with zero attached hydrogens (tertiary/aromatic N) is 4. The topological polar surface area (TPSA) is 63.6 Å². The van der Waals surface area contributed by atoms with Crippen molar-refractivity contribution in [2.24, 2.45) is 0 Å². The van der Waals surface area contributed by atoms with Crippen molar-refractivity contribution in [1.29, 1.82) is 0 Å². The molecule has 2 aromatic carbocycles. The molecule has 5 aromatic rings. The number of benzene rings is 2. The van der Waals surface area contributed by atoms with Crippen LogP contribution in [0, 0.1) is 12.9 Å². The molecule has 5 rings (SSSR count). The van der Waals surface area contributed by atoms with Gasteiger partial charge in [0.2, 0.25) is 5.95 Å². The average Bonchev–Trinajstić information content (AvgIpc) is 3.27. The fourth-order valence-electron chi connectivity index (χ4n) is 3.67. The molecule has 0 radical (unpaired) electrons. The molecule has 0 aliphatic carbocycles. The minimum Gasteiger partial charge on any atom is -0.363 e. The fraction of sp³-hybridized carbons (Fsp3) is 0.120. The number of hydrogen-bond donors (Lipinski definition) is 1. The van der Waals surface area contributed by atoms with Gasteiger partial charge in [-0.05, 0) is 60.4 Å². The summed E-state index contributed by atoms with van der Waals surface area (Å²) in [5.74, 6) is 0.982. The molecule has 1 N–H and O–H groups in total. The van der Waals surface area contributed by atoms with Crippen molar-refractivity contribution in [2.75, 3.05) is 5.32 Å². The second-order valence-electron chi connectivity index (χ2n) is 7.57. The summed E-state index contributed by atoms with van der Waals surface area (Å²) in [6.45, 7) is 3.96. The molecule has 3 aromatic heterocycles. The smallest absolute Gasteiger partial charge is 0.213 e. The van der Waals surface area contributed by atoms with Gasteiger partial charge in [-0.15, -0.1) is 11.3 Å². The van der Waals surface area contributed by atoms with Crippen LogP contribution in [0.5, 0.6) is 0 Å². The number of aromatic nitrogens is 4. The lowest BCUT2D eigenvalue weighted by Gasteiger charge is -2.19. The molecule has 0 aliphatic rings. The second-order valence-corrected chi connectivity index (χ2v) is 8.46. The van der Waals surface area contributed by atoms with Crippen molar-refractivity contribution < 1.29 is 4.39 Å². The van der Waals surface area contributed by atoms with Crippen LogP contribution in [0.25, 0.3) is 32.5 Å². The lowest BCUT2D eigenvalue weighted by molar-refractivity contribution is 0.584. The molecule has 0 bridgehead atoms. The molecule has 0 saturated heterocycles. The molecule has 0 fully saturated rings. The molecule has 7 heteroatoms. The summed E-state index contributed by atoms with van der Waals surface area (Å²) in [4.78, 5) is 17.1. The molecule has 32 heavy (non-hydrogen) atoms. The highest BCUT2D eigenvalue weighted by molar-refractivity contribution is 7.16. The van der Waals surface area contributed by atoms with Crippen LogP contribution in [0.1, 0.15) is 24.4 Å². The Labute approximate surface area is 189 Å². The van der Waals surface area contributed by atoms with Crippen molar-refractivity contribution >= 4 is 27.4 Å². The molecule has 1 atom stereocenters. The summed E-state index contributed by atoms with van der Waals surface area (Å²) in [6, 6.07) is 17.5. The van der Waals surface area contributed by atoms with Crippen molar-refractivity contribution in [2.45, 2.75) is 19.9 Å². The third-order valence-electron chi connectivity index (χ3n) is 5.35. The SMILES string of the molecule is Cc1ncc(-c2ccc3ncsc3c2)c(N[C@@H](C)c2cccc(-c3ccnc(F)c3)c2)n1. The van der Waals surface area contributed by atoms with E-state index in [1.165, 1.54) is 12.3 Å². The van der Waals surface area contributed by atoms with E-state index >= 15 is 0 Å². The van der Waals surface area contributed by atoms with Gasteiger partial charge in [-0.1, -0.05) is 24.3 Å². The number of nitrogens with one attached hydrogen (secondary N) is 1. The Hall–Kier alpha value is -3.71. The van der Waals surface area contributed by atoms with Crippen LogP contribution in [-0.4, -0.2) is 19.9 Å². The third kappa shape index (κ3) is 4.07. The summed E-state index contributed by atoms with van der Waals surface area (Å²) in [5, 5.41) is 3.55. The minimum atomic E-state index is -0.488. The monoisotopic (exact) mass is 441 g/mol. The van der Waals surface area contributed by atoms with E-state index in [0.717, 1.165) is 43.9 Å². The number of pyridine rings is 1. The number of thiazole rings is 1. The van der Waals surface area contributed by atoms with Crippen LogP contribution in [0.15, 0.2) is 72.5 Å². The summed E-state index contributed by atoms with van der Waals surface area (Å²) >= 11 is 1.61. The first-order valence-corrected chi connectivity index (χ1v) is 11.1. The zero-order valence-electron chi connectivity index (χ0n) is 17.6. The van der Waals surface area contributed by atoms with Gasteiger partial charge in [0.1, 0.15) is 11.6 Å². The van der Waals surface area contributed by atoms with Crippen molar-refractivity contribution in [1.82, 2.24) is 19.9 Å². The Morgan fingerprint density at radius 1 is 0.938 bits per heavy atom. The van der Waals surface area contributed by atoms with Crippen molar-refractivity contribution in [3.8, 4) is 22.3 Å². The molecule has 0 amide bonds. The van der Waals surface area contributed by atoms with Gasteiger partial charge in [-0.25, -0.2) is 19.9 Å². The van der Waals surface area contributed by atoms with E-state index in [4.69, 9.17) is 0 Å². The first-order valence-electron chi connectivity index (χ1n) is 10.2. The third-order valence-corrected chi connectivity index (χ3v) is 6.14. The predicted molar refractivity (Wildman–Crippen MR) is 127 cm³/mol. The number of rotatable bonds is 5. The van der Waals surface area contributed by atoms with Gasteiger partial charge in [0.25, 0.3) is 0 Å². The minimum absolute atomic E-state index is 0.0261. The first-order chi connectivity index (χ1) is 15.6. The maximum atomic E-state index is 13.6. The number of hydrogen-bond acceptors (Lipinski definition) is 6. The van der Waals surface area contributed by atoms with Gasteiger partial charge in [-0.3, -0.25) is 0 Å². The molecule has 0 spiro atoms. The standard InChI is InChI=1S/C25H20FN5S/c1-15(17-4-3-5-18(10-17)19-8-9-27-24(26)12-19)30-25-21(13-28-16(2)31-25)20-6-7-22-23(11-20)32-14-29-22/h3-15H,1-2H3,(H,28,30,31)/t15-/m0/s1. The summed E-state index contributed by atoms with van der Waals surface area (Å²) in [5.41, 5.74) is 7.61. The lowest BCUT2D eigenvalue weighted by atomic mass is 10.0. The van der Waals surface area contributed by atoms with Crippen LogP contribution in [-0.2, 0) is 0 Å². The summed E-state index contributed by atoms with van der Waals surface area (Å²) < 4.78 is 14.7. The molecule has 158 valence electrons. The van der Waals surface area contributed by atoms with Gasteiger partial charge in [0.05, 0.1) is 15.7 Å². The molecule has 0 unspecified atom stereocenters. The first kappa shape index (κ1) is 20.2. The van der Waals surface area contributed by atoms with Gasteiger partial charge in [0.15, 0.2) is 0 Å². The van der Waals surface area contributed by atoms with Crippen molar-refractivity contribution in [3.63, 3.8) is 0 Å². The van der Waals surface area contributed by atoms with E-state index in [9.17, 15) is 4.39 Å². The Bertz CT molecular complexity index is 1410. The van der Waals surface area contributed by atoms with E-state index in [2.05, 4.69) is 50.4 Å². The van der Waals surface area contributed by atoms with Gasteiger partial charge in [0, 0.05) is 30.1 Å². The Balaban J connectivity index is 1.48. The molecule has 3 heterocycles. The molecule has 0 aliphatic heterocycles. The maximum absolute atomic E-state index is 13.6. The Kier molecular flexibility index (Phi) is 5.33. The largest absolute Gasteiger partial charge is 0.363 e. The Morgan fingerprint density at radius 2 is 1.81 bits per heavy atom. The molecule has 5 nitrogen and oxygen atoms in total. The van der Waals surface area contributed by atoms with Gasteiger partial charge in [-0.2, -0.15) is 4.39 Å². The quantitative estimate of drug-likeness (QED) is 0.318. The molecular formula is C25H20FN5S. The predicted octanol–water partition coefficient (Wildman–Crippen LogP) is 6.44. The van der Waals surface area contributed by atoms with Crippen LogP contribution < -0.4 is 5.32 Å². The summed E-state index contributed by atoms with van der Waals surface area (Å²) in [7, 11) is 0. The number of aryl methyl sites for hydroxylation is 1. The maximum Gasteiger partial charge on any atom is 0.213 e. The lowest BCUT2D eigenvalue weighted by Crippen LogP contribution is -2.10. The average molecular weight is 442 g/mol. The van der Waals surface area contributed by atoms with E-state index in [1.54, 1.807) is 11.3 Å². The van der Waals surface area contributed by atoms with E-state index in [-0.39, 0.29) is 6.04 Å². The second kappa shape index (κ2) is 8.43. The molecule has 0 saturated carbocycles. The van der Waals surface area contributed by atoms with Crippen LogP contribution in [0.3, 0.4) is 0 Å². The van der Waals surface area contributed by atoms with Crippen LogP contribution >= 0.6 is 11.3 Å². The number of fused-ring (bicyclic) bond motifs is 1. The van der Waals surface area contributed by atoms with Crippen molar-refractivity contribution in [3.05, 3.63) is 89.8 Å². The fourth-order valence-corrected chi connectivity index (χ4v) is 4.39. The van der Waals surface area contributed by atoms with Crippen LogP contribution in [0.2, 0.25) is 0 Å². The van der Waals surface area contributed by atoms with E-state index in [0.29, 0.717) is 5.82 Å². The van der Waals surface area contributed by atoms with Gasteiger partial charge >= 0.3 is 0 Å². The zero-order valence-corrected chi connectivity index (χ0v) is 18.4. The van der Waals surface area contributed by atoms with E-state index in [1.807, 2.05) is 49.0 Å². The van der Waals surface area contributed by atoms with Crippen LogP contribution in [0.4, 0.5) is 10.2 Å².